The van der Waals surface area contributed by atoms with Crippen LogP contribution in [-0.4, -0.2) is 24.6 Å². The molecule has 23 heavy (non-hydrogen) atoms. The molecular weight excluding hydrogens is 334 g/mol. The smallest absolute Gasteiger partial charge is 0.000966 e. The minimum absolute atomic E-state index is 0.0258. The number of rotatable bonds is 10. The monoisotopic (exact) mass is 372 g/mol. The Kier molecular flexibility index (Phi) is 9.89. The maximum absolute atomic E-state index is 2.52. The van der Waals surface area contributed by atoms with Gasteiger partial charge < -0.3 is 0 Å². The fourth-order valence-electron chi connectivity index (χ4n) is 3.06. The van der Waals surface area contributed by atoms with Crippen LogP contribution in [0.1, 0.15) is 55.4 Å². The van der Waals surface area contributed by atoms with E-state index in [1.54, 1.807) is 10.6 Å². The Morgan fingerprint density at radius 1 is 0.609 bits per heavy atom. The molecule has 0 atom stereocenters. The van der Waals surface area contributed by atoms with Gasteiger partial charge in [0.25, 0.3) is 0 Å². The Labute approximate surface area is 152 Å². The molecule has 0 N–H and O–H groups in total. The minimum Gasteiger partial charge on any atom is -0.151 e. The van der Waals surface area contributed by atoms with Gasteiger partial charge in [-0.2, -0.15) is 11.3 Å². The lowest BCUT2D eigenvalue weighted by Crippen LogP contribution is -2.25. The van der Waals surface area contributed by atoms with E-state index in [0.29, 0.717) is 0 Å². The molecule has 0 spiro atoms. The van der Waals surface area contributed by atoms with Crippen molar-refractivity contribution in [2.45, 2.75) is 55.4 Å². The van der Waals surface area contributed by atoms with E-state index in [0.717, 1.165) is 23.7 Å². The van der Waals surface area contributed by atoms with Crippen molar-refractivity contribution in [3.63, 3.8) is 0 Å². The van der Waals surface area contributed by atoms with Crippen LogP contribution in [0.4, 0.5) is 0 Å². The highest BCUT2D eigenvalue weighted by molar-refractivity contribution is 7.72. The first-order valence-electron chi connectivity index (χ1n) is 9.26. The van der Waals surface area contributed by atoms with Crippen LogP contribution in [0.25, 0.3) is 0 Å². The van der Waals surface area contributed by atoms with Gasteiger partial charge in [-0.15, -0.1) is 0 Å². The number of hydrogen-bond acceptors (Lipinski definition) is 1. The third-order valence-electron chi connectivity index (χ3n) is 3.65. The normalized spacial score (nSPS) is 12.8. The molecule has 1 aromatic rings. The standard InChI is InChI=1S/C20H38P2S/c1-15(2)9-21(10-16(3)4)19-13-23-14-20(19)22(11-17(5)6)12-18(7)8/h13-18H,9-12H2,1-8H3. The summed E-state index contributed by atoms with van der Waals surface area (Å²) in [4.78, 5) is 0. The second kappa shape index (κ2) is 10.5. The van der Waals surface area contributed by atoms with Crippen LogP contribution in [0.15, 0.2) is 10.8 Å². The average Bonchev–Trinajstić information content (AvgIpc) is 2.83. The Hall–Kier alpha value is 0.560. The van der Waals surface area contributed by atoms with E-state index in [1.165, 1.54) is 24.6 Å². The predicted molar refractivity (Wildman–Crippen MR) is 116 cm³/mol. The van der Waals surface area contributed by atoms with Crippen molar-refractivity contribution in [1.82, 2.24) is 0 Å². The van der Waals surface area contributed by atoms with Gasteiger partial charge in [-0.3, -0.25) is 0 Å². The molecule has 0 unspecified atom stereocenters. The quantitative estimate of drug-likeness (QED) is 0.407. The summed E-state index contributed by atoms with van der Waals surface area (Å²) in [6, 6.07) is 0. The fraction of sp³-hybridized carbons (Fsp3) is 0.800. The maximum Gasteiger partial charge on any atom is -0.000966 e. The van der Waals surface area contributed by atoms with Gasteiger partial charge in [0.1, 0.15) is 0 Å². The fourth-order valence-corrected chi connectivity index (χ4v) is 11.6. The van der Waals surface area contributed by atoms with Crippen molar-refractivity contribution in [2.24, 2.45) is 23.7 Å². The Morgan fingerprint density at radius 3 is 1.09 bits per heavy atom. The summed E-state index contributed by atoms with van der Waals surface area (Å²) >= 11 is 1.96. The molecule has 0 bridgehead atoms. The molecule has 0 radical (unpaired) electrons. The lowest BCUT2D eigenvalue weighted by molar-refractivity contribution is 0.720. The molecule has 1 heterocycles. The van der Waals surface area contributed by atoms with Gasteiger partial charge >= 0.3 is 0 Å². The molecule has 0 aromatic carbocycles. The van der Waals surface area contributed by atoms with Crippen LogP contribution in [-0.2, 0) is 0 Å². The summed E-state index contributed by atoms with van der Waals surface area (Å²) in [7, 11) is 0.0515. The van der Waals surface area contributed by atoms with Crippen LogP contribution in [0.3, 0.4) is 0 Å². The van der Waals surface area contributed by atoms with E-state index in [2.05, 4.69) is 66.2 Å². The van der Waals surface area contributed by atoms with Gasteiger partial charge in [0, 0.05) is 0 Å². The van der Waals surface area contributed by atoms with E-state index in [1.807, 2.05) is 11.3 Å². The second-order valence-electron chi connectivity index (χ2n) is 8.53. The van der Waals surface area contributed by atoms with Crippen molar-refractivity contribution in [1.29, 1.82) is 0 Å². The summed E-state index contributed by atoms with van der Waals surface area (Å²) in [6.45, 7) is 19.2. The summed E-state index contributed by atoms with van der Waals surface area (Å²) in [6.07, 6.45) is 5.63. The first-order chi connectivity index (χ1) is 10.7. The second-order valence-corrected chi connectivity index (χ2v) is 13.9. The zero-order valence-electron chi connectivity index (χ0n) is 16.6. The lowest BCUT2D eigenvalue weighted by atomic mass is 10.3. The average molecular weight is 373 g/mol. The summed E-state index contributed by atoms with van der Waals surface area (Å²) in [5.41, 5.74) is 0. The van der Waals surface area contributed by atoms with Gasteiger partial charge in [0.05, 0.1) is 0 Å². The predicted octanol–water partition coefficient (Wildman–Crippen LogP) is 6.59. The van der Waals surface area contributed by atoms with Crippen LogP contribution in [0, 0.1) is 23.7 Å². The molecule has 0 saturated carbocycles. The molecule has 0 saturated heterocycles. The molecule has 0 amide bonds. The van der Waals surface area contributed by atoms with E-state index < -0.39 is 0 Å². The first kappa shape index (κ1) is 21.6. The molecule has 0 aliphatic carbocycles. The summed E-state index contributed by atoms with van der Waals surface area (Å²) < 4.78 is 0. The van der Waals surface area contributed by atoms with Crippen molar-refractivity contribution < 1.29 is 0 Å². The van der Waals surface area contributed by atoms with Crippen LogP contribution < -0.4 is 10.6 Å². The number of thiophene rings is 1. The van der Waals surface area contributed by atoms with E-state index >= 15 is 0 Å². The zero-order valence-corrected chi connectivity index (χ0v) is 19.2. The molecule has 0 fully saturated rings. The molecular formula is C20H38P2S. The highest BCUT2D eigenvalue weighted by Gasteiger charge is 2.24. The van der Waals surface area contributed by atoms with Crippen molar-refractivity contribution in [2.75, 3.05) is 24.6 Å². The largest absolute Gasteiger partial charge is 0.151 e. The van der Waals surface area contributed by atoms with Gasteiger partial charge in [0.15, 0.2) is 0 Å². The van der Waals surface area contributed by atoms with Gasteiger partial charge in [0.2, 0.25) is 0 Å². The van der Waals surface area contributed by atoms with E-state index in [-0.39, 0.29) is 15.8 Å². The summed E-state index contributed by atoms with van der Waals surface area (Å²) in [5, 5.41) is 8.59. The third-order valence-corrected chi connectivity index (χ3v) is 11.7. The topological polar surface area (TPSA) is 0 Å². The third kappa shape index (κ3) is 7.98. The van der Waals surface area contributed by atoms with Crippen LogP contribution in [0.5, 0.6) is 0 Å². The highest BCUT2D eigenvalue weighted by atomic mass is 32.1. The van der Waals surface area contributed by atoms with E-state index in [4.69, 9.17) is 0 Å². The Morgan fingerprint density at radius 2 is 0.870 bits per heavy atom. The van der Waals surface area contributed by atoms with Crippen LogP contribution in [0.2, 0.25) is 0 Å². The Bertz CT molecular complexity index is 376. The first-order valence-corrected chi connectivity index (χ1v) is 13.6. The molecule has 1 rings (SSSR count). The van der Waals surface area contributed by atoms with Gasteiger partial charge in [-0.05, 0) is 69.7 Å². The van der Waals surface area contributed by atoms with Crippen molar-refractivity contribution in [3.8, 4) is 0 Å². The maximum atomic E-state index is 2.52. The molecule has 0 nitrogen and oxygen atoms in total. The Balaban J connectivity index is 3.08. The van der Waals surface area contributed by atoms with Crippen molar-refractivity contribution >= 4 is 37.8 Å². The molecule has 0 aliphatic rings. The molecule has 1 aromatic heterocycles. The highest BCUT2D eigenvalue weighted by Crippen LogP contribution is 2.45. The SMILES string of the molecule is CC(C)CP(CC(C)C)c1cscc1P(CC(C)C)CC(C)C. The zero-order chi connectivity index (χ0) is 17.6. The molecule has 134 valence electrons. The molecule has 3 heteroatoms. The lowest BCUT2D eigenvalue weighted by Gasteiger charge is -2.27. The van der Waals surface area contributed by atoms with Crippen molar-refractivity contribution in [3.05, 3.63) is 10.8 Å². The molecule has 0 aliphatic heterocycles. The van der Waals surface area contributed by atoms with Gasteiger partial charge in [-0.1, -0.05) is 71.2 Å². The van der Waals surface area contributed by atoms with Gasteiger partial charge in [-0.25, -0.2) is 0 Å². The van der Waals surface area contributed by atoms with Crippen LogP contribution >= 0.6 is 27.2 Å². The number of hydrogen-bond donors (Lipinski definition) is 0. The summed E-state index contributed by atoms with van der Waals surface area (Å²) in [5.74, 6) is 3.26. The minimum atomic E-state index is 0.0258. The van der Waals surface area contributed by atoms with E-state index in [9.17, 15) is 0 Å².